The minimum absolute atomic E-state index is 0.472. The molecule has 0 atom stereocenters. The molecule has 1 rings (SSSR count). The van der Waals surface area contributed by atoms with E-state index >= 15 is 0 Å². The summed E-state index contributed by atoms with van der Waals surface area (Å²) in [5, 5.41) is 2.90. The first kappa shape index (κ1) is 9.73. The second-order valence-corrected chi connectivity index (χ2v) is 4.61. The Morgan fingerprint density at radius 3 is 2.67 bits per heavy atom. The molecule has 1 aromatic rings. The summed E-state index contributed by atoms with van der Waals surface area (Å²) in [6, 6.07) is 1.65. The Hall–Kier alpha value is -0.360. The van der Waals surface area contributed by atoms with E-state index in [0.29, 0.717) is 15.3 Å². The third-order valence-corrected chi connectivity index (χ3v) is 2.84. The van der Waals surface area contributed by atoms with E-state index in [1.54, 1.807) is 11.4 Å². The molecule has 1 aromatic heterocycles. The lowest BCUT2D eigenvalue weighted by Gasteiger charge is -1.85. The lowest BCUT2D eigenvalue weighted by atomic mass is 10.5. The molecular formula is C6H5ClO3S2. The predicted octanol–water partition coefficient (Wildman–Crippen LogP) is 2.26. The topological polar surface area (TPSA) is 54.4 Å². The number of hydrogen-bond donors (Lipinski definition) is 1. The van der Waals surface area contributed by atoms with E-state index in [0.717, 1.165) is 0 Å². The average molecular weight is 225 g/mol. The van der Waals surface area contributed by atoms with Gasteiger partial charge in [0, 0.05) is 4.88 Å². The van der Waals surface area contributed by atoms with Gasteiger partial charge in [0.15, 0.2) is 0 Å². The summed E-state index contributed by atoms with van der Waals surface area (Å²) in [7, 11) is -4.05. The van der Waals surface area contributed by atoms with E-state index in [1.165, 1.54) is 17.4 Å². The molecule has 0 aromatic carbocycles. The van der Waals surface area contributed by atoms with Gasteiger partial charge in [-0.15, -0.1) is 11.3 Å². The normalized spacial score (nSPS) is 12.5. The van der Waals surface area contributed by atoms with Crippen LogP contribution in [0.25, 0.3) is 6.08 Å². The van der Waals surface area contributed by atoms with Crippen molar-refractivity contribution in [2.45, 2.75) is 0 Å². The highest BCUT2D eigenvalue weighted by molar-refractivity contribution is 7.88. The summed E-state index contributed by atoms with van der Waals surface area (Å²) in [5.74, 6) is 0. The molecule has 0 spiro atoms. The van der Waals surface area contributed by atoms with Crippen molar-refractivity contribution in [2.24, 2.45) is 0 Å². The van der Waals surface area contributed by atoms with Crippen molar-refractivity contribution in [3.63, 3.8) is 0 Å². The van der Waals surface area contributed by atoms with Gasteiger partial charge in [0.1, 0.15) is 0 Å². The molecule has 0 radical (unpaired) electrons. The summed E-state index contributed by atoms with van der Waals surface area (Å²) in [6.07, 6.45) is 1.25. The lowest BCUT2D eigenvalue weighted by Crippen LogP contribution is -1.88. The van der Waals surface area contributed by atoms with Crippen molar-refractivity contribution in [1.82, 2.24) is 0 Å². The second kappa shape index (κ2) is 3.57. The van der Waals surface area contributed by atoms with E-state index in [9.17, 15) is 8.42 Å². The molecule has 0 unspecified atom stereocenters. The van der Waals surface area contributed by atoms with Gasteiger partial charge in [-0.25, -0.2) is 0 Å². The van der Waals surface area contributed by atoms with Crippen LogP contribution in [0.2, 0.25) is 5.02 Å². The van der Waals surface area contributed by atoms with Crippen LogP contribution >= 0.6 is 22.9 Å². The Morgan fingerprint density at radius 2 is 2.25 bits per heavy atom. The van der Waals surface area contributed by atoms with Gasteiger partial charge in [-0.2, -0.15) is 8.42 Å². The van der Waals surface area contributed by atoms with Crippen LogP contribution in [0.3, 0.4) is 0 Å². The molecule has 0 aliphatic heterocycles. The SMILES string of the molecule is O=S(=O)(O)/C=C/c1sccc1Cl. The number of rotatable bonds is 2. The molecule has 1 N–H and O–H groups in total. The average Bonchev–Trinajstić information content (AvgIpc) is 2.29. The fourth-order valence-corrected chi connectivity index (χ4v) is 1.98. The molecule has 6 heteroatoms. The van der Waals surface area contributed by atoms with Gasteiger partial charge in [-0.3, -0.25) is 4.55 Å². The molecule has 0 aliphatic carbocycles. The Kier molecular flexibility index (Phi) is 2.89. The summed E-state index contributed by atoms with van der Waals surface area (Å²) < 4.78 is 28.9. The molecule has 0 fully saturated rings. The van der Waals surface area contributed by atoms with Crippen LogP contribution in [0.5, 0.6) is 0 Å². The zero-order valence-corrected chi connectivity index (χ0v) is 8.16. The molecular weight excluding hydrogens is 220 g/mol. The maximum absolute atomic E-state index is 10.3. The fourth-order valence-electron chi connectivity index (χ4n) is 0.572. The molecule has 0 saturated heterocycles. The minimum atomic E-state index is -4.05. The fraction of sp³-hybridized carbons (Fsp3) is 0. The third-order valence-electron chi connectivity index (χ3n) is 1.04. The van der Waals surface area contributed by atoms with Crippen LogP contribution in [0.15, 0.2) is 16.9 Å². The Balaban J connectivity index is 2.91. The van der Waals surface area contributed by atoms with Crippen molar-refractivity contribution in [2.75, 3.05) is 0 Å². The van der Waals surface area contributed by atoms with E-state index < -0.39 is 10.1 Å². The van der Waals surface area contributed by atoms with Gasteiger partial charge >= 0.3 is 0 Å². The van der Waals surface area contributed by atoms with Crippen LogP contribution in [-0.4, -0.2) is 13.0 Å². The van der Waals surface area contributed by atoms with Crippen LogP contribution in [0.1, 0.15) is 4.88 Å². The summed E-state index contributed by atoms with van der Waals surface area (Å²) in [4.78, 5) is 0.606. The second-order valence-electron chi connectivity index (χ2n) is 1.95. The highest BCUT2D eigenvalue weighted by Gasteiger charge is 1.99. The first-order valence-electron chi connectivity index (χ1n) is 2.87. The Labute approximate surface area is 79.0 Å². The smallest absolute Gasteiger partial charge is 0.282 e. The Morgan fingerprint density at radius 1 is 1.58 bits per heavy atom. The molecule has 1 heterocycles. The maximum Gasteiger partial charge on any atom is 0.287 e. The number of thiophene rings is 1. The van der Waals surface area contributed by atoms with Gasteiger partial charge < -0.3 is 0 Å². The van der Waals surface area contributed by atoms with Crippen molar-refractivity contribution in [1.29, 1.82) is 0 Å². The quantitative estimate of drug-likeness (QED) is 0.784. The van der Waals surface area contributed by atoms with Crippen LogP contribution in [-0.2, 0) is 10.1 Å². The van der Waals surface area contributed by atoms with Crippen molar-refractivity contribution < 1.29 is 13.0 Å². The van der Waals surface area contributed by atoms with E-state index in [4.69, 9.17) is 16.2 Å². The summed E-state index contributed by atoms with van der Waals surface area (Å²) in [5.41, 5.74) is 0. The van der Waals surface area contributed by atoms with Crippen molar-refractivity contribution >= 4 is 39.1 Å². The lowest BCUT2D eigenvalue weighted by molar-refractivity contribution is 0.494. The maximum atomic E-state index is 10.3. The Bertz CT molecular complexity index is 391. The van der Waals surface area contributed by atoms with Crippen molar-refractivity contribution in [3.05, 3.63) is 26.8 Å². The molecule has 12 heavy (non-hydrogen) atoms. The molecule has 3 nitrogen and oxygen atoms in total. The zero-order chi connectivity index (χ0) is 9.19. The highest BCUT2D eigenvalue weighted by atomic mass is 35.5. The number of hydrogen-bond acceptors (Lipinski definition) is 3. The van der Waals surface area contributed by atoms with Gasteiger partial charge in [-0.05, 0) is 17.5 Å². The van der Waals surface area contributed by atoms with E-state index in [1.807, 2.05) is 0 Å². The minimum Gasteiger partial charge on any atom is -0.282 e. The third kappa shape index (κ3) is 2.94. The van der Waals surface area contributed by atoms with Gasteiger partial charge in [0.25, 0.3) is 10.1 Å². The first-order chi connectivity index (χ1) is 5.49. The first-order valence-corrected chi connectivity index (χ1v) is 5.64. The molecule has 66 valence electrons. The number of halogens is 1. The van der Waals surface area contributed by atoms with Gasteiger partial charge in [0.2, 0.25) is 0 Å². The monoisotopic (exact) mass is 224 g/mol. The highest BCUT2D eigenvalue weighted by Crippen LogP contribution is 2.23. The van der Waals surface area contributed by atoms with Crippen LogP contribution < -0.4 is 0 Å². The molecule has 0 amide bonds. The summed E-state index contributed by atoms with van der Waals surface area (Å²) >= 11 is 6.95. The zero-order valence-electron chi connectivity index (χ0n) is 5.77. The molecule has 0 bridgehead atoms. The van der Waals surface area contributed by atoms with E-state index in [2.05, 4.69) is 0 Å². The van der Waals surface area contributed by atoms with Gasteiger partial charge in [0.05, 0.1) is 10.4 Å². The van der Waals surface area contributed by atoms with Crippen LogP contribution in [0, 0.1) is 0 Å². The van der Waals surface area contributed by atoms with Crippen LogP contribution in [0.4, 0.5) is 0 Å². The summed E-state index contributed by atoms with van der Waals surface area (Å²) in [6.45, 7) is 0. The van der Waals surface area contributed by atoms with E-state index in [-0.39, 0.29) is 0 Å². The largest absolute Gasteiger partial charge is 0.287 e. The van der Waals surface area contributed by atoms with Gasteiger partial charge in [-0.1, -0.05) is 11.6 Å². The van der Waals surface area contributed by atoms with Crippen molar-refractivity contribution in [3.8, 4) is 0 Å². The molecule has 0 aliphatic rings. The molecule has 0 saturated carbocycles. The standard InChI is InChI=1S/C6H5ClO3S2/c7-5-1-3-11-6(5)2-4-12(8,9)10/h1-4H,(H,8,9,10)/b4-2+. The predicted molar refractivity (Wildman–Crippen MR) is 49.9 cm³/mol.